The van der Waals surface area contributed by atoms with Crippen LogP contribution in [0.15, 0.2) is 18.2 Å². The monoisotopic (exact) mass is 265 g/mol. The molecule has 18 heavy (non-hydrogen) atoms. The Kier molecular flexibility index (Phi) is 2.78. The number of rotatable bonds is 2. The number of thiazole rings is 1. The number of aliphatic carboxylic acids is 1. The SMILES string of the molecule is O=C(O)C1CCC(c2nc3ccc(F)cc3s2)C1. The average molecular weight is 265 g/mol. The molecule has 0 aliphatic heterocycles. The lowest BCUT2D eigenvalue weighted by molar-refractivity contribution is -0.141. The van der Waals surface area contributed by atoms with E-state index in [1.54, 1.807) is 6.07 Å². The molecule has 0 radical (unpaired) electrons. The minimum absolute atomic E-state index is 0.214. The summed E-state index contributed by atoms with van der Waals surface area (Å²) >= 11 is 1.48. The summed E-state index contributed by atoms with van der Waals surface area (Å²) in [7, 11) is 0. The molecule has 5 heteroatoms. The summed E-state index contributed by atoms with van der Waals surface area (Å²) in [5.74, 6) is -1.01. The van der Waals surface area contributed by atoms with E-state index in [9.17, 15) is 9.18 Å². The molecule has 3 nitrogen and oxygen atoms in total. The summed E-state index contributed by atoms with van der Waals surface area (Å²) in [5.41, 5.74) is 0.801. The van der Waals surface area contributed by atoms with Crippen molar-refractivity contribution in [1.29, 1.82) is 0 Å². The second kappa shape index (κ2) is 4.31. The molecule has 94 valence electrons. The first-order valence-corrected chi connectivity index (χ1v) is 6.74. The topological polar surface area (TPSA) is 50.2 Å². The number of halogens is 1. The average Bonchev–Trinajstić information content (AvgIpc) is 2.93. The molecular formula is C13H12FNO2S. The smallest absolute Gasteiger partial charge is 0.306 e. The van der Waals surface area contributed by atoms with Crippen LogP contribution in [0.4, 0.5) is 4.39 Å². The van der Waals surface area contributed by atoms with Gasteiger partial charge in [-0.15, -0.1) is 11.3 Å². The molecule has 1 aromatic carbocycles. The number of aromatic nitrogens is 1. The fourth-order valence-electron chi connectivity index (χ4n) is 2.52. The summed E-state index contributed by atoms with van der Waals surface area (Å²) in [6.07, 6.45) is 2.22. The van der Waals surface area contributed by atoms with Crippen LogP contribution in [0.2, 0.25) is 0 Å². The standard InChI is InChI=1S/C13H12FNO2S/c14-9-3-4-10-11(6-9)18-12(15-10)7-1-2-8(5-7)13(16)17/h3-4,6-8H,1-2,5H2,(H,16,17). The molecule has 1 aliphatic carbocycles. The zero-order valence-corrected chi connectivity index (χ0v) is 10.4. The molecule has 3 rings (SSSR count). The number of carbonyl (C=O) groups is 1. The normalized spacial score (nSPS) is 23.6. The van der Waals surface area contributed by atoms with Gasteiger partial charge in [0.2, 0.25) is 0 Å². The summed E-state index contributed by atoms with van der Waals surface area (Å²) in [6, 6.07) is 4.56. The van der Waals surface area contributed by atoms with Gasteiger partial charge in [0, 0.05) is 5.92 Å². The van der Waals surface area contributed by atoms with Crippen LogP contribution in [-0.4, -0.2) is 16.1 Å². The molecule has 1 heterocycles. The van der Waals surface area contributed by atoms with E-state index in [0.717, 1.165) is 21.6 Å². The Morgan fingerprint density at radius 2 is 2.28 bits per heavy atom. The minimum atomic E-state index is -0.718. The fraction of sp³-hybridized carbons (Fsp3) is 0.385. The van der Waals surface area contributed by atoms with E-state index in [2.05, 4.69) is 4.98 Å². The number of benzene rings is 1. The van der Waals surface area contributed by atoms with Crippen molar-refractivity contribution in [2.24, 2.45) is 5.92 Å². The third-order valence-electron chi connectivity index (χ3n) is 3.50. The zero-order valence-electron chi connectivity index (χ0n) is 9.60. The van der Waals surface area contributed by atoms with Crippen LogP contribution < -0.4 is 0 Å². The Labute approximate surface area is 107 Å². The fourth-order valence-corrected chi connectivity index (χ4v) is 3.66. The van der Waals surface area contributed by atoms with Crippen molar-refractivity contribution >= 4 is 27.5 Å². The van der Waals surface area contributed by atoms with E-state index in [1.165, 1.54) is 23.5 Å². The van der Waals surface area contributed by atoms with Gasteiger partial charge in [0.15, 0.2) is 0 Å². The molecule has 2 atom stereocenters. The molecule has 1 aromatic heterocycles. The van der Waals surface area contributed by atoms with Crippen LogP contribution in [0.5, 0.6) is 0 Å². The number of carboxylic acids is 1. The third kappa shape index (κ3) is 1.99. The van der Waals surface area contributed by atoms with Gasteiger partial charge in [-0.2, -0.15) is 0 Å². The molecule has 1 saturated carbocycles. The molecule has 0 spiro atoms. The first-order valence-electron chi connectivity index (χ1n) is 5.92. The van der Waals surface area contributed by atoms with Crippen LogP contribution in [0, 0.1) is 11.7 Å². The van der Waals surface area contributed by atoms with Gasteiger partial charge in [0.1, 0.15) is 5.82 Å². The number of fused-ring (bicyclic) bond motifs is 1. The van der Waals surface area contributed by atoms with Gasteiger partial charge in [0.25, 0.3) is 0 Å². The van der Waals surface area contributed by atoms with Gasteiger partial charge in [-0.1, -0.05) is 0 Å². The largest absolute Gasteiger partial charge is 0.481 e. The molecule has 1 fully saturated rings. The summed E-state index contributed by atoms with van der Waals surface area (Å²) in [4.78, 5) is 15.4. The molecule has 1 N–H and O–H groups in total. The van der Waals surface area contributed by atoms with Gasteiger partial charge in [0.05, 0.1) is 21.1 Å². The Balaban J connectivity index is 1.89. The molecule has 0 bridgehead atoms. The van der Waals surface area contributed by atoms with E-state index < -0.39 is 5.97 Å². The van der Waals surface area contributed by atoms with E-state index in [4.69, 9.17) is 5.11 Å². The van der Waals surface area contributed by atoms with Crippen LogP contribution in [-0.2, 0) is 4.79 Å². The molecule has 0 amide bonds. The van der Waals surface area contributed by atoms with Crippen LogP contribution >= 0.6 is 11.3 Å². The number of hydrogen-bond acceptors (Lipinski definition) is 3. The van der Waals surface area contributed by atoms with Gasteiger partial charge in [-0.3, -0.25) is 4.79 Å². The van der Waals surface area contributed by atoms with Crippen molar-refractivity contribution in [3.05, 3.63) is 29.0 Å². The van der Waals surface area contributed by atoms with Crippen LogP contribution in [0.1, 0.15) is 30.2 Å². The highest BCUT2D eigenvalue weighted by molar-refractivity contribution is 7.18. The summed E-state index contributed by atoms with van der Waals surface area (Å²) in [5, 5.41) is 9.93. The number of nitrogens with zero attached hydrogens (tertiary/aromatic N) is 1. The lowest BCUT2D eigenvalue weighted by Gasteiger charge is -2.04. The van der Waals surface area contributed by atoms with Crippen molar-refractivity contribution < 1.29 is 14.3 Å². The van der Waals surface area contributed by atoms with Crippen molar-refractivity contribution in [2.45, 2.75) is 25.2 Å². The van der Waals surface area contributed by atoms with Crippen molar-refractivity contribution in [3.8, 4) is 0 Å². The molecule has 2 aromatic rings. The molecule has 2 unspecified atom stereocenters. The quantitative estimate of drug-likeness (QED) is 0.905. The second-order valence-electron chi connectivity index (χ2n) is 4.71. The lowest BCUT2D eigenvalue weighted by Crippen LogP contribution is -2.09. The first kappa shape index (κ1) is 11.6. The predicted octanol–water partition coefficient (Wildman–Crippen LogP) is 3.40. The Morgan fingerprint density at radius 1 is 1.44 bits per heavy atom. The summed E-state index contributed by atoms with van der Waals surface area (Å²) in [6.45, 7) is 0. The summed E-state index contributed by atoms with van der Waals surface area (Å²) < 4.78 is 13.9. The lowest BCUT2D eigenvalue weighted by atomic mass is 10.1. The maximum absolute atomic E-state index is 13.1. The van der Waals surface area contributed by atoms with E-state index >= 15 is 0 Å². The Bertz CT molecular complexity index is 610. The van der Waals surface area contributed by atoms with Crippen molar-refractivity contribution in [1.82, 2.24) is 4.98 Å². The molecule has 0 saturated heterocycles. The minimum Gasteiger partial charge on any atom is -0.481 e. The second-order valence-corrected chi connectivity index (χ2v) is 5.77. The maximum Gasteiger partial charge on any atom is 0.306 e. The first-order chi connectivity index (χ1) is 8.63. The Hall–Kier alpha value is -1.49. The number of hydrogen-bond donors (Lipinski definition) is 1. The van der Waals surface area contributed by atoms with Gasteiger partial charge in [-0.25, -0.2) is 9.37 Å². The van der Waals surface area contributed by atoms with Crippen LogP contribution in [0.25, 0.3) is 10.2 Å². The zero-order chi connectivity index (χ0) is 12.7. The Morgan fingerprint density at radius 3 is 3.00 bits per heavy atom. The van der Waals surface area contributed by atoms with E-state index in [1.807, 2.05) is 0 Å². The number of carboxylic acid groups (broad SMARTS) is 1. The molecular weight excluding hydrogens is 253 g/mol. The third-order valence-corrected chi connectivity index (χ3v) is 4.68. The van der Waals surface area contributed by atoms with Gasteiger partial charge in [-0.05, 0) is 37.5 Å². The van der Waals surface area contributed by atoms with Crippen molar-refractivity contribution in [2.75, 3.05) is 0 Å². The highest BCUT2D eigenvalue weighted by Gasteiger charge is 2.32. The van der Waals surface area contributed by atoms with E-state index in [-0.39, 0.29) is 17.7 Å². The van der Waals surface area contributed by atoms with Gasteiger partial charge < -0.3 is 5.11 Å². The van der Waals surface area contributed by atoms with Gasteiger partial charge >= 0.3 is 5.97 Å². The highest BCUT2D eigenvalue weighted by Crippen LogP contribution is 2.41. The predicted molar refractivity (Wildman–Crippen MR) is 67.3 cm³/mol. The van der Waals surface area contributed by atoms with E-state index in [0.29, 0.717) is 12.8 Å². The molecule has 1 aliphatic rings. The highest BCUT2D eigenvalue weighted by atomic mass is 32.1. The maximum atomic E-state index is 13.1. The van der Waals surface area contributed by atoms with Crippen LogP contribution in [0.3, 0.4) is 0 Å². The van der Waals surface area contributed by atoms with Crippen molar-refractivity contribution in [3.63, 3.8) is 0 Å².